The minimum atomic E-state index is -1.17. The van der Waals surface area contributed by atoms with E-state index in [1.54, 1.807) is 43.2 Å². The SMILES string of the molecule is CCOC(=O)c1cn(C2CC2)c2c(/C=C\C[C@@H]3CCCN3C(=O)OC(C)(C)C)c(F)c(F)cc2c1=O. The second-order valence-electron chi connectivity index (χ2n) is 10.3. The monoisotopic (exact) mass is 502 g/mol. The van der Waals surface area contributed by atoms with Gasteiger partial charge in [-0.2, -0.15) is 0 Å². The molecule has 0 bridgehead atoms. The Hall–Kier alpha value is -3.23. The van der Waals surface area contributed by atoms with Crippen LogP contribution in [0.2, 0.25) is 0 Å². The van der Waals surface area contributed by atoms with Gasteiger partial charge in [0.2, 0.25) is 5.43 Å². The van der Waals surface area contributed by atoms with Gasteiger partial charge in [-0.05, 0) is 65.9 Å². The first-order chi connectivity index (χ1) is 17.0. The molecule has 1 saturated carbocycles. The lowest BCUT2D eigenvalue weighted by molar-refractivity contribution is 0.0228. The highest BCUT2D eigenvalue weighted by Crippen LogP contribution is 2.39. The molecule has 2 fully saturated rings. The summed E-state index contributed by atoms with van der Waals surface area (Å²) >= 11 is 0. The van der Waals surface area contributed by atoms with E-state index in [1.165, 1.54) is 12.3 Å². The molecule has 194 valence electrons. The van der Waals surface area contributed by atoms with Crippen molar-refractivity contribution in [3.05, 3.63) is 51.3 Å². The summed E-state index contributed by atoms with van der Waals surface area (Å²) in [5.74, 6) is -3.02. The van der Waals surface area contributed by atoms with E-state index in [0.717, 1.165) is 31.7 Å². The summed E-state index contributed by atoms with van der Waals surface area (Å²) in [6, 6.07) is 0.712. The quantitative estimate of drug-likeness (QED) is 0.481. The fourth-order valence-corrected chi connectivity index (χ4v) is 4.63. The Balaban J connectivity index is 1.71. The number of nitrogens with zero attached hydrogens (tertiary/aromatic N) is 2. The number of likely N-dealkylation sites (tertiary alicyclic amines) is 1. The van der Waals surface area contributed by atoms with Gasteiger partial charge in [-0.1, -0.05) is 12.2 Å². The average Bonchev–Trinajstić information content (AvgIpc) is 3.53. The van der Waals surface area contributed by atoms with Crippen molar-refractivity contribution in [3.8, 4) is 0 Å². The molecule has 0 unspecified atom stereocenters. The molecule has 1 aliphatic heterocycles. The maximum atomic E-state index is 15.1. The molecule has 0 N–H and O–H groups in total. The molecule has 2 aromatic rings. The third-order valence-corrected chi connectivity index (χ3v) is 6.38. The highest BCUT2D eigenvalue weighted by Gasteiger charge is 2.32. The number of carbonyl (C=O) groups excluding carboxylic acids is 2. The lowest BCUT2D eigenvalue weighted by atomic mass is 10.0. The standard InChI is InChI=1S/C27H32F2N2O5/c1-5-35-25(33)20-15-31(17-11-12-17)23-18(22(29)21(28)14-19(23)24(20)32)10-6-8-16-9-7-13-30(16)26(34)36-27(2,3)4/h6,10,14-17H,5,7-9,11-13H2,1-4H3/b10-6-/t16-/m1/s1. The van der Waals surface area contributed by atoms with E-state index in [0.29, 0.717) is 13.0 Å². The van der Waals surface area contributed by atoms with Gasteiger partial charge in [0.15, 0.2) is 11.6 Å². The molecule has 1 atom stereocenters. The largest absolute Gasteiger partial charge is 0.462 e. The van der Waals surface area contributed by atoms with Crippen molar-refractivity contribution < 1.29 is 27.8 Å². The molecule has 1 amide bonds. The number of carbonyl (C=O) groups is 2. The molecule has 0 radical (unpaired) electrons. The Labute approximate surface area is 208 Å². The van der Waals surface area contributed by atoms with Gasteiger partial charge in [0.05, 0.1) is 17.5 Å². The van der Waals surface area contributed by atoms with Gasteiger partial charge < -0.3 is 18.9 Å². The number of halogens is 2. The van der Waals surface area contributed by atoms with E-state index in [9.17, 15) is 18.8 Å². The zero-order valence-electron chi connectivity index (χ0n) is 21.1. The maximum Gasteiger partial charge on any atom is 0.410 e. The number of hydrogen-bond acceptors (Lipinski definition) is 5. The predicted octanol–water partition coefficient (Wildman–Crippen LogP) is 5.59. The second-order valence-corrected chi connectivity index (χ2v) is 10.3. The molecular formula is C27H32F2N2O5. The van der Waals surface area contributed by atoms with Crippen LogP contribution in [0.4, 0.5) is 13.6 Å². The molecule has 1 aromatic heterocycles. The number of rotatable bonds is 6. The topological polar surface area (TPSA) is 77.8 Å². The number of aromatic nitrogens is 1. The molecule has 4 rings (SSSR count). The average molecular weight is 503 g/mol. The predicted molar refractivity (Wildman–Crippen MR) is 132 cm³/mol. The molecule has 1 aliphatic carbocycles. The summed E-state index contributed by atoms with van der Waals surface area (Å²) in [6.07, 6.45) is 7.79. The number of amides is 1. The Kier molecular flexibility index (Phi) is 7.20. The number of fused-ring (bicyclic) bond motifs is 1. The third kappa shape index (κ3) is 5.29. The van der Waals surface area contributed by atoms with E-state index in [4.69, 9.17) is 9.47 Å². The molecule has 36 heavy (non-hydrogen) atoms. The van der Waals surface area contributed by atoms with Gasteiger partial charge in [0, 0.05) is 30.4 Å². The molecule has 0 spiro atoms. The Morgan fingerprint density at radius 2 is 1.92 bits per heavy atom. The number of pyridine rings is 1. The Bertz CT molecular complexity index is 1270. The fraction of sp³-hybridized carbons (Fsp3) is 0.519. The van der Waals surface area contributed by atoms with Gasteiger partial charge in [0.25, 0.3) is 0 Å². The second kappa shape index (κ2) is 10.0. The smallest absolute Gasteiger partial charge is 0.410 e. The lowest BCUT2D eigenvalue weighted by Crippen LogP contribution is -2.39. The molecule has 7 nitrogen and oxygen atoms in total. The van der Waals surface area contributed by atoms with Crippen LogP contribution < -0.4 is 5.43 Å². The fourth-order valence-electron chi connectivity index (χ4n) is 4.63. The van der Waals surface area contributed by atoms with Crippen LogP contribution >= 0.6 is 0 Å². The van der Waals surface area contributed by atoms with E-state index in [2.05, 4.69) is 0 Å². The molecule has 2 heterocycles. The van der Waals surface area contributed by atoms with Crippen molar-refractivity contribution in [1.82, 2.24) is 9.47 Å². The number of ether oxygens (including phenoxy) is 2. The van der Waals surface area contributed by atoms with Gasteiger partial charge in [0.1, 0.15) is 11.2 Å². The van der Waals surface area contributed by atoms with Crippen molar-refractivity contribution in [2.45, 2.75) is 77.5 Å². The molecule has 1 saturated heterocycles. The normalized spacial score (nSPS) is 18.3. The first-order valence-corrected chi connectivity index (χ1v) is 12.4. The molecule has 1 aromatic carbocycles. The van der Waals surface area contributed by atoms with Crippen molar-refractivity contribution in [2.75, 3.05) is 13.2 Å². The summed E-state index contributed by atoms with van der Waals surface area (Å²) in [4.78, 5) is 39.7. The van der Waals surface area contributed by atoms with Gasteiger partial charge in [-0.3, -0.25) is 4.79 Å². The molecule has 9 heteroatoms. The molecule has 2 aliphatic rings. The van der Waals surface area contributed by atoms with Gasteiger partial charge in [-0.15, -0.1) is 0 Å². The lowest BCUT2D eigenvalue weighted by Gasteiger charge is -2.28. The van der Waals surface area contributed by atoms with Crippen molar-refractivity contribution >= 4 is 29.0 Å². The van der Waals surface area contributed by atoms with Crippen LogP contribution in [-0.4, -0.2) is 46.3 Å². The summed E-state index contributed by atoms with van der Waals surface area (Å²) in [5, 5.41) is -0.0674. The van der Waals surface area contributed by atoms with Crippen LogP contribution in [0, 0.1) is 11.6 Å². The van der Waals surface area contributed by atoms with Crippen LogP contribution in [0.25, 0.3) is 17.0 Å². The third-order valence-electron chi connectivity index (χ3n) is 6.38. The highest BCUT2D eigenvalue weighted by molar-refractivity contribution is 5.96. The summed E-state index contributed by atoms with van der Waals surface area (Å²) in [5.41, 5.74) is -1.30. The first-order valence-electron chi connectivity index (χ1n) is 12.4. The van der Waals surface area contributed by atoms with Crippen LogP contribution in [0.5, 0.6) is 0 Å². The van der Waals surface area contributed by atoms with Crippen LogP contribution in [0.3, 0.4) is 0 Å². The van der Waals surface area contributed by atoms with E-state index in [1.807, 2.05) is 0 Å². The van der Waals surface area contributed by atoms with E-state index in [-0.39, 0.29) is 40.7 Å². The zero-order chi connectivity index (χ0) is 26.2. The summed E-state index contributed by atoms with van der Waals surface area (Å²) < 4.78 is 41.9. The van der Waals surface area contributed by atoms with Gasteiger partial charge in [-0.25, -0.2) is 18.4 Å². The first kappa shape index (κ1) is 25.9. The number of hydrogen-bond donors (Lipinski definition) is 0. The summed E-state index contributed by atoms with van der Waals surface area (Å²) in [6.45, 7) is 7.71. The van der Waals surface area contributed by atoms with Crippen LogP contribution in [-0.2, 0) is 9.47 Å². The van der Waals surface area contributed by atoms with Crippen LogP contribution in [0.1, 0.15) is 81.8 Å². The minimum Gasteiger partial charge on any atom is -0.462 e. The van der Waals surface area contributed by atoms with Crippen molar-refractivity contribution in [2.24, 2.45) is 0 Å². The minimum absolute atomic E-state index is 0.0178. The van der Waals surface area contributed by atoms with E-state index < -0.39 is 34.7 Å². The van der Waals surface area contributed by atoms with Crippen LogP contribution in [0.15, 0.2) is 23.1 Å². The van der Waals surface area contributed by atoms with E-state index >= 15 is 4.39 Å². The Morgan fingerprint density at radius 3 is 2.56 bits per heavy atom. The van der Waals surface area contributed by atoms with Gasteiger partial charge >= 0.3 is 12.1 Å². The number of esters is 1. The maximum absolute atomic E-state index is 15.1. The zero-order valence-corrected chi connectivity index (χ0v) is 21.1. The van der Waals surface area contributed by atoms with Crippen molar-refractivity contribution in [1.29, 1.82) is 0 Å². The molecular weight excluding hydrogens is 470 g/mol. The number of benzene rings is 1. The highest BCUT2D eigenvalue weighted by atomic mass is 19.2. The summed E-state index contributed by atoms with van der Waals surface area (Å²) in [7, 11) is 0. The Morgan fingerprint density at radius 1 is 1.19 bits per heavy atom. The van der Waals surface area contributed by atoms with Crippen molar-refractivity contribution in [3.63, 3.8) is 0 Å².